The molecule has 104 valence electrons. The number of ether oxygens (including phenoxy) is 1. The van der Waals surface area contributed by atoms with Gasteiger partial charge in [-0.3, -0.25) is 4.79 Å². The number of esters is 1. The zero-order valence-corrected chi connectivity index (χ0v) is 12.1. The summed E-state index contributed by atoms with van der Waals surface area (Å²) in [5.74, 6) is 0.649. The Kier molecular flexibility index (Phi) is 3.73. The number of rotatable bonds is 3. The van der Waals surface area contributed by atoms with Crippen LogP contribution in [0.25, 0.3) is 0 Å². The number of hydrogen-bond donors (Lipinski definition) is 0. The lowest BCUT2D eigenvalue weighted by molar-refractivity contribution is -0.139. The SMILES string of the molecule is COC(=O)Cc1csc(N2CCCC3CCCC32)n1. The van der Waals surface area contributed by atoms with Crippen LogP contribution in [0.1, 0.15) is 37.8 Å². The fourth-order valence-corrected chi connectivity index (χ4v) is 4.33. The van der Waals surface area contributed by atoms with Gasteiger partial charge in [-0.15, -0.1) is 11.3 Å². The Morgan fingerprint density at radius 2 is 2.32 bits per heavy atom. The summed E-state index contributed by atoms with van der Waals surface area (Å²) in [6.07, 6.45) is 6.97. The molecule has 3 rings (SSSR count). The largest absolute Gasteiger partial charge is 0.469 e. The molecule has 0 spiro atoms. The van der Waals surface area contributed by atoms with Crippen molar-refractivity contribution < 1.29 is 9.53 Å². The molecule has 1 aromatic rings. The molecule has 2 heterocycles. The third-order valence-corrected chi connectivity index (χ3v) is 5.26. The van der Waals surface area contributed by atoms with E-state index in [0.29, 0.717) is 6.04 Å². The van der Waals surface area contributed by atoms with Gasteiger partial charge < -0.3 is 9.64 Å². The molecule has 4 nitrogen and oxygen atoms in total. The topological polar surface area (TPSA) is 42.4 Å². The van der Waals surface area contributed by atoms with Gasteiger partial charge in [-0.05, 0) is 31.6 Å². The average Bonchev–Trinajstić information content (AvgIpc) is 3.06. The number of piperidine rings is 1. The highest BCUT2D eigenvalue weighted by molar-refractivity contribution is 7.13. The first-order valence-corrected chi connectivity index (χ1v) is 7.94. The molecule has 2 atom stereocenters. The number of hydrogen-bond acceptors (Lipinski definition) is 5. The molecule has 1 aliphatic heterocycles. The highest BCUT2D eigenvalue weighted by Crippen LogP contribution is 2.39. The zero-order valence-electron chi connectivity index (χ0n) is 11.3. The maximum atomic E-state index is 11.3. The molecule has 5 heteroatoms. The van der Waals surface area contributed by atoms with Crippen molar-refractivity contribution in [3.8, 4) is 0 Å². The average molecular weight is 280 g/mol. The molecule has 1 aromatic heterocycles. The highest BCUT2D eigenvalue weighted by atomic mass is 32.1. The van der Waals surface area contributed by atoms with Gasteiger partial charge in [-0.2, -0.15) is 0 Å². The molecular formula is C14H20N2O2S. The fourth-order valence-electron chi connectivity index (χ4n) is 3.42. The van der Waals surface area contributed by atoms with Crippen molar-refractivity contribution >= 4 is 22.4 Å². The van der Waals surface area contributed by atoms with E-state index < -0.39 is 0 Å². The second-order valence-corrected chi connectivity index (χ2v) is 6.30. The summed E-state index contributed by atoms with van der Waals surface area (Å²) < 4.78 is 4.69. The third-order valence-electron chi connectivity index (χ3n) is 4.33. The van der Waals surface area contributed by atoms with Crippen molar-refractivity contribution in [2.45, 2.75) is 44.6 Å². The van der Waals surface area contributed by atoms with Gasteiger partial charge in [0.2, 0.25) is 0 Å². The minimum Gasteiger partial charge on any atom is -0.469 e. The minimum atomic E-state index is -0.214. The van der Waals surface area contributed by atoms with Crippen LogP contribution in [0.2, 0.25) is 0 Å². The van der Waals surface area contributed by atoms with E-state index in [1.54, 1.807) is 11.3 Å². The highest BCUT2D eigenvalue weighted by Gasteiger charge is 2.36. The molecular weight excluding hydrogens is 260 g/mol. The number of nitrogens with zero attached hydrogens (tertiary/aromatic N) is 2. The molecule has 1 saturated carbocycles. The van der Waals surface area contributed by atoms with Crippen molar-refractivity contribution in [2.75, 3.05) is 18.6 Å². The van der Waals surface area contributed by atoms with Crippen molar-refractivity contribution in [2.24, 2.45) is 5.92 Å². The van der Waals surface area contributed by atoms with E-state index in [4.69, 9.17) is 4.74 Å². The predicted octanol–water partition coefficient (Wildman–Crippen LogP) is 2.63. The quantitative estimate of drug-likeness (QED) is 0.798. The first-order valence-electron chi connectivity index (χ1n) is 7.06. The smallest absolute Gasteiger partial charge is 0.311 e. The Hall–Kier alpha value is -1.10. The van der Waals surface area contributed by atoms with E-state index in [1.807, 2.05) is 5.38 Å². The summed E-state index contributed by atoms with van der Waals surface area (Å²) in [6.45, 7) is 1.12. The van der Waals surface area contributed by atoms with Gasteiger partial charge in [-0.1, -0.05) is 6.42 Å². The summed E-state index contributed by atoms with van der Waals surface area (Å²) in [5, 5.41) is 3.08. The molecule has 2 unspecified atom stereocenters. The second kappa shape index (κ2) is 5.49. The first kappa shape index (κ1) is 12.9. The molecule has 1 aliphatic carbocycles. The molecule has 0 bridgehead atoms. The Labute approximate surface area is 117 Å². The maximum Gasteiger partial charge on any atom is 0.311 e. The van der Waals surface area contributed by atoms with E-state index in [0.717, 1.165) is 23.3 Å². The van der Waals surface area contributed by atoms with Crippen molar-refractivity contribution in [1.82, 2.24) is 4.98 Å². The van der Waals surface area contributed by atoms with Crippen LogP contribution in [0.15, 0.2) is 5.38 Å². The molecule has 0 amide bonds. The number of methoxy groups -OCH3 is 1. The Morgan fingerprint density at radius 1 is 1.47 bits per heavy atom. The van der Waals surface area contributed by atoms with Crippen molar-refractivity contribution in [3.05, 3.63) is 11.1 Å². The van der Waals surface area contributed by atoms with Gasteiger partial charge in [0.05, 0.1) is 19.2 Å². The summed E-state index contributed by atoms with van der Waals surface area (Å²) in [5.41, 5.74) is 0.840. The molecule has 0 N–H and O–H groups in total. The van der Waals surface area contributed by atoms with Crippen molar-refractivity contribution in [3.63, 3.8) is 0 Å². The summed E-state index contributed by atoms with van der Waals surface area (Å²) >= 11 is 1.66. The monoisotopic (exact) mass is 280 g/mol. The van der Waals surface area contributed by atoms with Crippen LogP contribution in [-0.2, 0) is 16.0 Å². The Bertz CT molecular complexity index is 460. The normalized spacial score (nSPS) is 26.3. The van der Waals surface area contributed by atoms with Gasteiger partial charge in [0.25, 0.3) is 0 Å². The number of thiazole rings is 1. The number of carbonyl (C=O) groups excluding carboxylic acids is 1. The second-order valence-electron chi connectivity index (χ2n) is 5.47. The van der Waals surface area contributed by atoms with Gasteiger partial charge in [0.15, 0.2) is 5.13 Å². The molecule has 0 aromatic carbocycles. The lowest BCUT2D eigenvalue weighted by Crippen LogP contribution is -2.42. The predicted molar refractivity (Wildman–Crippen MR) is 75.5 cm³/mol. The van der Waals surface area contributed by atoms with Crippen molar-refractivity contribution in [1.29, 1.82) is 0 Å². The van der Waals surface area contributed by atoms with E-state index in [9.17, 15) is 4.79 Å². The molecule has 0 radical (unpaired) electrons. The number of carbonyl (C=O) groups is 1. The molecule has 19 heavy (non-hydrogen) atoms. The fraction of sp³-hybridized carbons (Fsp3) is 0.714. The number of anilines is 1. The Morgan fingerprint density at radius 3 is 3.16 bits per heavy atom. The van der Waals surface area contributed by atoms with Crippen LogP contribution in [0, 0.1) is 5.92 Å². The van der Waals surface area contributed by atoms with Gasteiger partial charge >= 0.3 is 5.97 Å². The van der Waals surface area contributed by atoms with Crippen LogP contribution in [0.3, 0.4) is 0 Å². The van der Waals surface area contributed by atoms with Crippen LogP contribution >= 0.6 is 11.3 Å². The van der Waals surface area contributed by atoms with Gasteiger partial charge in [0, 0.05) is 18.0 Å². The lowest BCUT2D eigenvalue weighted by Gasteiger charge is -2.37. The number of fused-ring (bicyclic) bond motifs is 1. The summed E-state index contributed by atoms with van der Waals surface area (Å²) in [7, 11) is 1.42. The molecule has 2 aliphatic rings. The van der Waals surface area contributed by atoms with E-state index in [1.165, 1.54) is 39.2 Å². The standard InChI is InChI=1S/C14H20N2O2S/c1-18-13(17)8-11-9-19-14(15-11)16-7-3-5-10-4-2-6-12(10)16/h9-10,12H,2-8H2,1H3. The maximum absolute atomic E-state index is 11.3. The molecule has 1 saturated heterocycles. The van der Waals surface area contributed by atoms with Gasteiger partial charge in [-0.25, -0.2) is 4.98 Å². The van der Waals surface area contributed by atoms with Crippen LogP contribution in [0.5, 0.6) is 0 Å². The van der Waals surface area contributed by atoms with Crippen LogP contribution in [0.4, 0.5) is 5.13 Å². The van der Waals surface area contributed by atoms with E-state index in [2.05, 4.69) is 9.88 Å². The minimum absolute atomic E-state index is 0.214. The summed E-state index contributed by atoms with van der Waals surface area (Å²) in [6, 6.07) is 0.686. The zero-order chi connectivity index (χ0) is 13.2. The van der Waals surface area contributed by atoms with Crippen LogP contribution < -0.4 is 4.90 Å². The number of aromatic nitrogens is 1. The Balaban J connectivity index is 1.73. The van der Waals surface area contributed by atoms with E-state index in [-0.39, 0.29) is 12.4 Å². The first-order chi connectivity index (χ1) is 9.28. The third kappa shape index (κ3) is 2.61. The molecule has 2 fully saturated rings. The lowest BCUT2D eigenvalue weighted by atomic mass is 9.92. The van der Waals surface area contributed by atoms with E-state index >= 15 is 0 Å². The van der Waals surface area contributed by atoms with Crippen LogP contribution in [-0.4, -0.2) is 30.6 Å². The summed E-state index contributed by atoms with van der Waals surface area (Å²) in [4.78, 5) is 18.4. The van der Waals surface area contributed by atoms with Gasteiger partial charge in [0.1, 0.15) is 0 Å².